The highest BCUT2D eigenvalue weighted by Crippen LogP contribution is 2.51. The summed E-state index contributed by atoms with van der Waals surface area (Å²) < 4.78 is 6.02. The van der Waals surface area contributed by atoms with Crippen molar-refractivity contribution >= 4 is 61.4 Å². The second-order valence-electron chi connectivity index (χ2n) is 13.6. The second-order valence-corrected chi connectivity index (χ2v) is 13.6. The summed E-state index contributed by atoms with van der Waals surface area (Å²) in [6.07, 6.45) is 0. The third-order valence-corrected chi connectivity index (χ3v) is 10.4. The van der Waals surface area contributed by atoms with Crippen LogP contribution in [0.2, 0.25) is 0 Å². The number of anilines is 3. The fourth-order valence-electron chi connectivity index (χ4n) is 8.08. The molecule has 56 heavy (non-hydrogen) atoms. The van der Waals surface area contributed by atoms with Crippen LogP contribution >= 0.6 is 0 Å². The van der Waals surface area contributed by atoms with Gasteiger partial charge in [0.15, 0.2) is 11.6 Å². The molecule has 278 valence electrons. The SMILES string of the molecule is CN(C)C1=C(C#N)C(N(C)c2c(C#N)cc3c(c4ccccc4n3C)[n+]2-c2ccc([N+](=O)[O-])cc2)c2c(c3ccccc3n2C)N1c1ccc([N+](=O)[O-])cc1.[Cl-]. The van der Waals surface area contributed by atoms with E-state index in [0.29, 0.717) is 34.2 Å². The summed E-state index contributed by atoms with van der Waals surface area (Å²) in [4.78, 5) is 28.2. The van der Waals surface area contributed by atoms with Crippen LogP contribution < -0.4 is 26.8 Å². The lowest BCUT2D eigenvalue weighted by Crippen LogP contribution is -3.00. The number of rotatable bonds is 7. The van der Waals surface area contributed by atoms with Gasteiger partial charge in [-0.1, -0.05) is 30.3 Å². The van der Waals surface area contributed by atoms with Crippen molar-refractivity contribution in [2.24, 2.45) is 14.1 Å². The number of benzene rings is 4. The minimum absolute atomic E-state index is 0. The second kappa shape index (κ2) is 13.8. The van der Waals surface area contributed by atoms with E-state index < -0.39 is 15.9 Å². The number of halogens is 1. The van der Waals surface area contributed by atoms with Crippen LogP contribution in [0, 0.1) is 42.9 Å². The summed E-state index contributed by atoms with van der Waals surface area (Å²) in [7, 11) is 9.42. The lowest BCUT2D eigenvalue weighted by Gasteiger charge is -2.40. The summed E-state index contributed by atoms with van der Waals surface area (Å²) in [6.45, 7) is 0. The first-order valence-electron chi connectivity index (χ1n) is 17.3. The van der Waals surface area contributed by atoms with Gasteiger partial charge in [0.25, 0.3) is 11.4 Å². The maximum absolute atomic E-state index is 11.7. The highest BCUT2D eigenvalue weighted by atomic mass is 35.5. The fraction of sp³-hybridized carbons (Fsp3) is 0.146. The summed E-state index contributed by atoms with van der Waals surface area (Å²) in [6, 6.07) is 34.3. The van der Waals surface area contributed by atoms with Crippen LogP contribution in [0.3, 0.4) is 0 Å². The number of hydrogen-bond acceptors (Lipinski definition) is 9. The maximum atomic E-state index is 11.7. The number of non-ortho nitro benzene ring substituents is 2. The Bertz CT molecular complexity index is 2880. The average Bonchev–Trinajstić information content (AvgIpc) is 3.65. The van der Waals surface area contributed by atoms with Gasteiger partial charge in [0.1, 0.15) is 34.8 Å². The molecule has 8 rings (SSSR count). The predicted molar refractivity (Wildman–Crippen MR) is 209 cm³/mol. The van der Waals surface area contributed by atoms with E-state index in [1.165, 1.54) is 24.3 Å². The van der Waals surface area contributed by atoms with Gasteiger partial charge in [-0.25, -0.2) is 4.90 Å². The van der Waals surface area contributed by atoms with Gasteiger partial charge >= 0.3 is 5.82 Å². The number of pyridine rings is 1. The van der Waals surface area contributed by atoms with E-state index >= 15 is 0 Å². The Morgan fingerprint density at radius 2 is 1.29 bits per heavy atom. The normalized spacial score (nSPS) is 13.6. The van der Waals surface area contributed by atoms with Crippen LogP contribution in [0.4, 0.5) is 28.6 Å². The number of para-hydroxylation sites is 2. The number of aromatic nitrogens is 3. The molecule has 1 unspecified atom stereocenters. The summed E-state index contributed by atoms with van der Waals surface area (Å²) in [5.74, 6) is 1.01. The minimum atomic E-state index is -0.770. The van der Waals surface area contributed by atoms with Crippen LogP contribution in [0.5, 0.6) is 0 Å². The van der Waals surface area contributed by atoms with E-state index in [0.717, 1.165) is 44.2 Å². The van der Waals surface area contributed by atoms with E-state index in [9.17, 15) is 30.8 Å². The monoisotopic (exact) mass is 764 g/mol. The largest absolute Gasteiger partial charge is 1.00 e. The molecule has 3 aromatic heterocycles. The molecule has 0 amide bonds. The molecular weight excluding hydrogens is 732 g/mol. The van der Waals surface area contributed by atoms with Crippen LogP contribution in [-0.4, -0.2) is 45.0 Å². The number of fused-ring (bicyclic) bond motifs is 6. The van der Waals surface area contributed by atoms with Crippen LogP contribution in [0.1, 0.15) is 17.3 Å². The Hall–Kier alpha value is -7.42. The first-order valence-corrected chi connectivity index (χ1v) is 17.3. The molecule has 1 aliphatic heterocycles. The van der Waals surface area contributed by atoms with Crippen molar-refractivity contribution in [3.05, 3.63) is 146 Å². The van der Waals surface area contributed by atoms with Crippen LogP contribution in [-0.2, 0) is 14.1 Å². The van der Waals surface area contributed by atoms with Crippen molar-refractivity contribution in [3.63, 3.8) is 0 Å². The van der Waals surface area contributed by atoms with Gasteiger partial charge in [0, 0.05) is 68.9 Å². The molecule has 1 atom stereocenters. The van der Waals surface area contributed by atoms with Gasteiger partial charge in [-0.2, -0.15) is 15.1 Å². The summed E-state index contributed by atoms with van der Waals surface area (Å²) in [5.41, 5.74) is 6.66. The minimum Gasteiger partial charge on any atom is -1.00 e. The Labute approximate surface area is 326 Å². The molecule has 0 aliphatic carbocycles. The summed E-state index contributed by atoms with van der Waals surface area (Å²) >= 11 is 0. The Morgan fingerprint density at radius 3 is 1.84 bits per heavy atom. The number of nitrogens with zero attached hydrogens (tertiary/aromatic N) is 10. The summed E-state index contributed by atoms with van der Waals surface area (Å²) in [5, 5.41) is 47.3. The molecule has 0 spiro atoms. The van der Waals surface area contributed by atoms with E-state index in [1.54, 1.807) is 24.3 Å². The van der Waals surface area contributed by atoms with E-state index in [4.69, 9.17) is 0 Å². The molecule has 4 heterocycles. The molecule has 0 fully saturated rings. The lowest BCUT2D eigenvalue weighted by molar-refractivity contribution is -0.553. The molecule has 7 aromatic rings. The number of aryl methyl sites for hydroxylation is 2. The fourth-order valence-corrected chi connectivity index (χ4v) is 8.08. The molecule has 4 aromatic carbocycles. The number of nitro benzene ring substituents is 2. The average molecular weight is 765 g/mol. The molecule has 0 saturated carbocycles. The van der Waals surface area contributed by atoms with Crippen molar-refractivity contribution < 1.29 is 26.8 Å². The van der Waals surface area contributed by atoms with Gasteiger partial charge < -0.3 is 26.4 Å². The highest BCUT2D eigenvalue weighted by molar-refractivity contribution is 6.05. The topological polar surface area (TPSA) is 157 Å². The van der Waals surface area contributed by atoms with Crippen molar-refractivity contribution in [2.75, 3.05) is 30.9 Å². The van der Waals surface area contributed by atoms with Gasteiger partial charge in [-0.15, -0.1) is 0 Å². The lowest BCUT2D eigenvalue weighted by atomic mass is 9.94. The first-order chi connectivity index (χ1) is 26.5. The van der Waals surface area contributed by atoms with E-state index in [1.807, 2.05) is 118 Å². The van der Waals surface area contributed by atoms with Gasteiger partial charge in [0.2, 0.25) is 0 Å². The smallest absolute Gasteiger partial charge is 0.301 e. The van der Waals surface area contributed by atoms with Gasteiger partial charge in [-0.3, -0.25) is 25.1 Å². The number of nitro groups is 2. The van der Waals surface area contributed by atoms with Crippen LogP contribution in [0.25, 0.3) is 38.5 Å². The zero-order chi connectivity index (χ0) is 38.9. The Balaban J connectivity index is 0.00000480. The van der Waals surface area contributed by atoms with E-state index in [-0.39, 0.29) is 23.8 Å². The zero-order valence-electron chi connectivity index (χ0n) is 30.9. The Morgan fingerprint density at radius 1 is 0.732 bits per heavy atom. The third kappa shape index (κ3) is 5.34. The number of nitriles is 2. The third-order valence-electron chi connectivity index (χ3n) is 10.4. The van der Waals surface area contributed by atoms with Crippen molar-refractivity contribution in [3.8, 4) is 17.8 Å². The standard InChI is InChI=1S/C41H33N10O4.ClH/c1-44(2)41-32(24-43)37(39-38(31-11-7-9-13-34(31)46(39)4)49(41)27-16-20-29(21-17-27)51(54)55)47(5)40-25(23-42)22-35-36(30-10-6-8-12-33(30)45(35)3)48(40)26-14-18-28(19-15-26)50(52)53;/h6-22,37H,1-5H3;1H/q+1;/p-1. The number of likely N-dealkylation sites (N-methyl/N-ethyl adjacent to an activating group) is 1. The zero-order valence-corrected chi connectivity index (χ0v) is 31.6. The van der Waals surface area contributed by atoms with E-state index in [2.05, 4.69) is 12.1 Å². The van der Waals surface area contributed by atoms with Crippen molar-refractivity contribution in [2.45, 2.75) is 6.04 Å². The Kier molecular flexibility index (Phi) is 9.08. The molecular formula is C41H33ClN10O4. The maximum Gasteiger partial charge on any atom is 0.301 e. The molecule has 0 bridgehead atoms. The van der Waals surface area contributed by atoms with Gasteiger partial charge in [0.05, 0.1) is 44.8 Å². The highest BCUT2D eigenvalue weighted by Gasteiger charge is 2.46. The predicted octanol–water partition coefficient (Wildman–Crippen LogP) is 4.42. The molecule has 1 aliphatic rings. The molecule has 0 saturated heterocycles. The van der Waals surface area contributed by atoms with Crippen molar-refractivity contribution in [1.29, 1.82) is 10.5 Å². The quantitative estimate of drug-likeness (QED) is 0.130. The molecule has 14 nitrogen and oxygen atoms in total. The van der Waals surface area contributed by atoms with Crippen LogP contribution in [0.15, 0.2) is 115 Å². The van der Waals surface area contributed by atoms with Gasteiger partial charge in [-0.05, 0) is 48.5 Å². The first kappa shape index (κ1) is 36.9. The van der Waals surface area contributed by atoms with Crippen molar-refractivity contribution in [1.82, 2.24) is 14.0 Å². The number of hydrogen-bond donors (Lipinski definition) is 0. The molecule has 0 N–H and O–H groups in total. The molecule has 0 radical (unpaired) electrons. The molecule has 15 heteroatoms.